The summed E-state index contributed by atoms with van der Waals surface area (Å²) >= 11 is 0. The zero-order valence-electron chi connectivity index (χ0n) is 12.1. The molecule has 3 heteroatoms. The van der Waals surface area contributed by atoms with Crippen LogP contribution in [-0.2, 0) is 10.2 Å². The highest BCUT2D eigenvalue weighted by molar-refractivity contribution is 5.92. The van der Waals surface area contributed by atoms with Crippen molar-refractivity contribution in [3.05, 3.63) is 29.8 Å². The maximum absolute atomic E-state index is 12.7. The van der Waals surface area contributed by atoms with Crippen molar-refractivity contribution in [3.63, 3.8) is 0 Å². The Balaban J connectivity index is 2.20. The molecule has 0 atom stereocenters. The molecule has 2 rings (SSSR count). The zero-order chi connectivity index (χ0) is 13.9. The van der Waals surface area contributed by atoms with Crippen LogP contribution in [0.15, 0.2) is 24.3 Å². The molecule has 1 aliphatic carbocycles. The second kappa shape index (κ2) is 5.64. The van der Waals surface area contributed by atoms with Gasteiger partial charge in [-0.05, 0) is 25.3 Å². The number of para-hydroxylation sites is 1. The number of carbonyl (C=O) groups is 1. The summed E-state index contributed by atoms with van der Waals surface area (Å²) in [6.07, 6.45) is 4.04. The van der Waals surface area contributed by atoms with Gasteiger partial charge in [0, 0.05) is 19.2 Å². The van der Waals surface area contributed by atoms with E-state index in [1.165, 1.54) is 0 Å². The summed E-state index contributed by atoms with van der Waals surface area (Å²) in [6.45, 7) is 2.98. The van der Waals surface area contributed by atoms with Gasteiger partial charge < -0.3 is 9.64 Å². The number of likely N-dealkylation sites (N-methyl/N-ethyl adjacent to an activating group) is 1. The van der Waals surface area contributed by atoms with Crippen LogP contribution < -0.4 is 4.74 Å². The quantitative estimate of drug-likeness (QED) is 0.788. The van der Waals surface area contributed by atoms with Gasteiger partial charge in [0.15, 0.2) is 0 Å². The molecule has 0 aliphatic heterocycles. The molecular formula is C16H23NO2. The van der Waals surface area contributed by atoms with Crippen LogP contribution in [0.3, 0.4) is 0 Å². The molecular weight excluding hydrogens is 238 g/mol. The molecule has 1 aromatic rings. The Morgan fingerprint density at radius 2 is 2.05 bits per heavy atom. The van der Waals surface area contributed by atoms with Crippen LogP contribution in [-0.4, -0.2) is 31.5 Å². The molecule has 1 amide bonds. The van der Waals surface area contributed by atoms with Gasteiger partial charge >= 0.3 is 0 Å². The number of ether oxygens (including phenoxy) is 1. The predicted octanol–water partition coefficient (Wildman–Crippen LogP) is 2.99. The molecule has 0 bridgehead atoms. The van der Waals surface area contributed by atoms with Gasteiger partial charge in [-0.3, -0.25) is 4.79 Å². The van der Waals surface area contributed by atoms with E-state index in [0.717, 1.165) is 43.5 Å². The number of carbonyl (C=O) groups excluding carboxylic acids is 1. The summed E-state index contributed by atoms with van der Waals surface area (Å²) in [5.41, 5.74) is 0.723. The van der Waals surface area contributed by atoms with Crippen molar-refractivity contribution < 1.29 is 9.53 Å². The van der Waals surface area contributed by atoms with Crippen LogP contribution in [0.1, 0.15) is 38.2 Å². The molecule has 1 aliphatic rings. The van der Waals surface area contributed by atoms with Crippen LogP contribution in [0.5, 0.6) is 5.75 Å². The Bertz CT molecular complexity index is 452. The second-order valence-corrected chi connectivity index (χ2v) is 5.36. The lowest BCUT2D eigenvalue weighted by atomic mass is 9.93. The van der Waals surface area contributed by atoms with Crippen LogP contribution in [0, 0.1) is 0 Å². The Kier molecular flexibility index (Phi) is 4.13. The summed E-state index contributed by atoms with van der Waals surface area (Å²) in [5.74, 6) is 1.07. The number of unbranched alkanes of at least 4 members (excludes halogenated alkanes) is 1. The Morgan fingerprint density at radius 1 is 1.37 bits per heavy atom. The SMILES string of the molecule is CCCCN(C)C(=O)C1(c2ccccc2OC)CC1. The first-order valence-electron chi connectivity index (χ1n) is 7.05. The lowest BCUT2D eigenvalue weighted by molar-refractivity contribution is -0.132. The van der Waals surface area contributed by atoms with E-state index < -0.39 is 0 Å². The number of nitrogens with zero attached hydrogens (tertiary/aromatic N) is 1. The number of amides is 1. The minimum atomic E-state index is -0.324. The first-order valence-corrected chi connectivity index (χ1v) is 7.05. The Hall–Kier alpha value is -1.51. The van der Waals surface area contributed by atoms with Gasteiger partial charge in [-0.25, -0.2) is 0 Å². The van der Waals surface area contributed by atoms with Gasteiger partial charge in [0.25, 0.3) is 0 Å². The molecule has 0 radical (unpaired) electrons. The van der Waals surface area contributed by atoms with Crippen LogP contribution >= 0.6 is 0 Å². The molecule has 0 aromatic heterocycles. The highest BCUT2D eigenvalue weighted by atomic mass is 16.5. The van der Waals surface area contributed by atoms with Gasteiger partial charge in [0.1, 0.15) is 5.75 Å². The third-order valence-electron chi connectivity index (χ3n) is 3.98. The molecule has 0 heterocycles. The molecule has 1 saturated carbocycles. The summed E-state index contributed by atoms with van der Waals surface area (Å²) in [4.78, 5) is 14.6. The standard InChI is InChI=1S/C16H23NO2/c1-4-5-12-17(2)15(18)16(10-11-16)13-8-6-7-9-14(13)19-3/h6-9H,4-5,10-12H2,1-3H3. The molecule has 0 N–H and O–H groups in total. The molecule has 0 spiro atoms. The van der Waals surface area contributed by atoms with Crippen molar-refractivity contribution in [1.29, 1.82) is 0 Å². The molecule has 104 valence electrons. The van der Waals surface area contributed by atoms with E-state index in [4.69, 9.17) is 4.74 Å². The summed E-state index contributed by atoms with van der Waals surface area (Å²) in [6, 6.07) is 7.90. The second-order valence-electron chi connectivity index (χ2n) is 5.36. The fourth-order valence-corrected chi connectivity index (χ4v) is 2.63. The van der Waals surface area contributed by atoms with E-state index in [0.29, 0.717) is 0 Å². The van der Waals surface area contributed by atoms with E-state index in [9.17, 15) is 4.79 Å². The average molecular weight is 261 g/mol. The van der Waals surface area contributed by atoms with Gasteiger partial charge in [-0.1, -0.05) is 31.5 Å². The van der Waals surface area contributed by atoms with Crippen LogP contribution in [0.25, 0.3) is 0 Å². The lowest BCUT2D eigenvalue weighted by Gasteiger charge is -2.25. The number of rotatable bonds is 6. The predicted molar refractivity (Wildman–Crippen MR) is 76.5 cm³/mol. The first-order chi connectivity index (χ1) is 9.15. The van der Waals surface area contributed by atoms with Crippen LogP contribution in [0.2, 0.25) is 0 Å². The van der Waals surface area contributed by atoms with Crippen molar-refractivity contribution in [2.75, 3.05) is 20.7 Å². The van der Waals surface area contributed by atoms with Gasteiger partial charge in [-0.15, -0.1) is 0 Å². The van der Waals surface area contributed by atoms with Crippen molar-refractivity contribution >= 4 is 5.91 Å². The minimum absolute atomic E-state index is 0.241. The summed E-state index contributed by atoms with van der Waals surface area (Å²) in [5, 5.41) is 0. The molecule has 19 heavy (non-hydrogen) atoms. The van der Waals surface area contributed by atoms with E-state index in [2.05, 4.69) is 6.92 Å². The summed E-state index contributed by atoms with van der Waals surface area (Å²) in [7, 11) is 3.58. The van der Waals surface area contributed by atoms with Crippen molar-refractivity contribution in [1.82, 2.24) is 4.90 Å². The minimum Gasteiger partial charge on any atom is -0.496 e. The van der Waals surface area contributed by atoms with Crippen LogP contribution in [0.4, 0.5) is 0 Å². The highest BCUT2D eigenvalue weighted by Gasteiger charge is 2.53. The number of methoxy groups -OCH3 is 1. The third kappa shape index (κ3) is 2.60. The summed E-state index contributed by atoms with van der Waals surface area (Å²) < 4.78 is 5.41. The largest absolute Gasteiger partial charge is 0.496 e. The normalized spacial score (nSPS) is 15.9. The van der Waals surface area contributed by atoms with E-state index in [1.54, 1.807) is 7.11 Å². The highest BCUT2D eigenvalue weighted by Crippen LogP contribution is 2.52. The van der Waals surface area contributed by atoms with Crippen molar-refractivity contribution in [2.45, 2.75) is 38.0 Å². The topological polar surface area (TPSA) is 29.5 Å². The van der Waals surface area contributed by atoms with E-state index in [-0.39, 0.29) is 11.3 Å². The van der Waals surface area contributed by atoms with Gasteiger partial charge in [0.2, 0.25) is 5.91 Å². The molecule has 3 nitrogen and oxygen atoms in total. The number of hydrogen-bond donors (Lipinski definition) is 0. The fourth-order valence-electron chi connectivity index (χ4n) is 2.63. The molecule has 0 unspecified atom stereocenters. The first kappa shape index (κ1) is 13.9. The molecule has 1 fully saturated rings. The third-order valence-corrected chi connectivity index (χ3v) is 3.98. The number of hydrogen-bond acceptors (Lipinski definition) is 2. The van der Waals surface area contributed by atoms with E-state index in [1.807, 2.05) is 36.2 Å². The molecule has 0 saturated heterocycles. The average Bonchev–Trinajstić information content (AvgIpc) is 3.25. The van der Waals surface area contributed by atoms with Gasteiger partial charge in [0.05, 0.1) is 12.5 Å². The fraction of sp³-hybridized carbons (Fsp3) is 0.562. The van der Waals surface area contributed by atoms with E-state index >= 15 is 0 Å². The van der Waals surface area contributed by atoms with Crippen molar-refractivity contribution in [2.24, 2.45) is 0 Å². The Labute approximate surface area is 115 Å². The van der Waals surface area contributed by atoms with Crippen molar-refractivity contribution in [3.8, 4) is 5.75 Å². The maximum Gasteiger partial charge on any atom is 0.233 e. The van der Waals surface area contributed by atoms with Gasteiger partial charge in [-0.2, -0.15) is 0 Å². The monoisotopic (exact) mass is 261 g/mol. The zero-order valence-corrected chi connectivity index (χ0v) is 12.1. The smallest absolute Gasteiger partial charge is 0.233 e. The lowest BCUT2D eigenvalue weighted by Crippen LogP contribution is -2.37. The number of benzene rings is 1. The Morgan fingerprint density at radius 3 is 2.63 bits per heavy atom. The maximum atomic E-state index is 12.7. The molecule has 1 aromatic carbocycles.